The van der Waals surface area contributed by atoms with Gasteiger partial charge in [-0.05, 0) is 111 Å². The summed E-state index contributed by atoms with van der Waals surface area (Å²) in [5.41, 5.74) is 0.836. The summed E-state index contributed by atoms with van der Waals surface area (Å²) < 4.78 is 12.8. The lowest BCUT2D eigenvalue weighted by molar-refractivity contribution is -0.136. The van der Waals surface area contributed by atoms with Crippen molar-refractivity contribution >= 4 is 11.9 Å². The van der Waals surface area contributed by atoms with Crippen LogP contribution in [0.4, 0.5) is 0 Å². The Kier molecular flexibility index (Phi) is 6.07. The van der Waals surface area contributed by atoms with Crippen LogP contribution in [0.1, 0.15) is 58.4 Å². The number of hydrogen-bond acceptors (Lipinski definition) is 4. The smallest absolute Gasteiger partial charge is 0.335 e. The van der Waals surface area contributed by atoms with Gasteiger partial charge in [-0.3, -0.25) is 0 Å². The van der Waals surface area contributed by atoms with Crippen LogP contribution in [0.25, 0.3) is 0 Å². The second kappa shape index (κ2) is 9.57. The van der Waals surface area contributed by atoms with Gasteiger partial charge in [-0.15, -0.1) is 0 Å². The van der Waals surface area contributed by atoms with Crippen LogP contribution < -0.4 is 9.47 Å². The van der Waals surface area contributed by atoms with Gasteiger partial charge in [0.25, 0.3) is 0 Å². The lowest BCUT2D eigenvalue weighted by atomic mass is 9.49. The minimum atomic E-state index is -0.979. The molecule has 3 atom stereocenters. The van der Waals surface area contributed by atoms with E-state index in [1.807, 2.05) is 24.3 Å². The van der Waals surface area contributed by atoms with Gasteiger partial charge in [0.1, 0.15) is 22.8 Å². The predicted molar refractivity (Wildman–Crippen MR) is 141 cm³/mol. The second-order valence-electron chi connectivity index (χ2n) is 10.8. The zero-order valence-electron chi connectivity index (χ0n) is 20.8. The van der Waals surface area contributed by atoms with Crippen molar-refractivity contribution in [3.63, 3.8) is 0 Å². The van der Waals surface area contributed by atoms with E-state index in [0.29, 0.717) is 35.0 Å². The molecule has 4 aliphatic carbocycles. The summed E-state index contributed by atoms with van der Waals surface area (Å²) in [4.78, 5) is 22.4. The molecule has 0 spiro atoms. The van der Waals surface area contributed by atoms with Gasteiger partial charge in [0, 0.05) is 0 Å². The molecule has 4 bridgehead atoms. The number of aromatic carboxylic acids is 2. The summed E-state index contributed by atoms with van der Waals surface area (Å²) in [5.74, 6) is 8.75. The summed E-state index contributed by atoms with van der Waals surface area (Å²) in [7, 11) is 0. The highest BCUT2D eigenvalue weighted by molar-refractivity contribution is 5.88. The standard InChI is InChI=1S/C32H28O6/c33-30(34)23-5-10-26(11-6-23)37-29-4-2-1-3-22(29)9-14-28-25-16-20-15-21(17-25)19-32(28,18-20)38-27-12-7-24(8-13-27)31(35)36/h1-8,10-13,20-21,25,28H,15-19H2,(H,33,34)(H,35,36). The Labute approximate surface area is 221 Å². The fourth-order valence-electron chi connectivity index (χ4n) is 6.87. The molecule has 0 aromatic heterocycles. The lowest BCUT2D eigenvalue weighted by Crippen LogP contribution is -2.59. The second-order valence-corrected chi connectivity index (χ2v) is 10.8. The molecule has 2 N–H and O–H groups in total. The third kappa shape index (κ3) is 4.61. The Morgan fingerprint density at radius 2 is 1.34 bits per heavy atom. The number of hydrogen-bond donors (Lipinski definition) is 2. The van der Waals surface area contributed by atoms with Gasteiger partial charge < -0.3 is 19.7 Å². The Morgan fingerprint density at radius 1 is 0.763 bits per heavy atom. The van der Waals surface area contributed by atoms with Crippen LogP contribution >= 0.6 is 0 Å². The number of benzene rings is 3. The molecule has 7 rings (SSSR count). The van der Waals surface area contributed by atoms with E-state index in [1.54, 1.807) is 36.4 Å². The maximum absolute atomic E-state index is 11.3. The van der Waals surface area contributed by atoms with Crippen molar-refractivity contribution in [1.82, 2.24) is 0 Å². The van der Waals surface area contributed by atoms with Crippen molar-refractivity contribution in [3.05, 3.63) is 89.5 Å². The molecule has 4 fully saturated rings. The number of carbonyl (C=O) groups is 2. The van der Waals surface area contributed by atoms with Gasteiger partial charge in [-0.25, -0.2) is 9.59 Å². The lowest BCUT2D eigenvalue weighted by Gasteiger charge is -2.59. The van der Waals surface area contributed by atoms with E-state index in [9.17, 15) is 14.7 Å². The van der Waals surface area contributed by atoms with Crippen LogP contribution in [0.3, 0.4) is 0 Å². The number of para-hydroxylation sites is 1. The number of rotatable bonds is 6. The van der Waals surface area contributed by atoms with E-state index in [0.717, 1.165) is 18.4 Å². The van der Waals surface area contributed by atoms with Crippen LogP contribution in [0.5, 0.6) is 17.2 Å². The largest absolute Gasteiger partial charge is 0.486 e. The van der Waals surface area contributed by atoms with Crippen LogP contribution in [0.15, 0.2) is 72.8 Å². The quantitative estimate of drug-likeness (QED) is 0.369. The van der Waals surface area contributed by atoms with E-state index >= 15 is 0 Å². The summed E-state index contributed by atoms with van der Waals surface area (Å²) in [6.07, 6.45) is 5.54. The molecule has 0 radical (unpaired) electrons. The van der Waals surface area contributed by atoms with Crippen molar-refractivity contribution in [2.24, 2.45) is 23.7 Å². The number of ether oxygens (including phenoxy) is 2. The zero-order chi connectivity index (χ0) is 26.3. The fourth-order valence-corrected chi connectivity index (χ4v) is 6.87. The zero-order valence-corrected chi connectivity index (χ0v) is 20.8. The molecule has 4 saturated carbocycles. The highest BCUT2D eigenvalue weighted by Crippen LogP contribution is 2.59. The first-order valence-electron chi connectivity index (χ1n) is 13.0. The molecule has 38 heavy (non-hydrogen) atoms. The summed E-state index contributed by atoms with van der Waals surface area (Å²) in [6.45, 7) is 0. The highest BCUT2D eigenvalue weighted by atomic mass is 16.5. The van der Waals surface area contributed by atoms with Crippen molar-refractivity contribution in [1.29, 1.82) is 0 Å². The van der Waals surface area contributed by atoms with E-state index in [2.05, 4.69) is 11.8 Å². The third-order valence-electron chi connectivity index (χ3n) is 8.25. The van der Waals surface area contributed by atoms with E-state index in [-0.39, 0.29) is 22.6 Å². The summed E-state index contributed by atoms with van der Waals surface area (Å²) in [5, 5.41) is 18.4. The van der Waals surface area contributed by atoms with E-state index < -0.39 is 11.9 Å². The summed E-state index contributed by atoms with van der Waals surface area (Å²) in [6, 6.07) is 20.6. The molecule has 3 unspecified atom stereocenters. The molecule has 0 heterocycles. The highest BCUT2D eigenvalue weighted by Gasteiger charge is 2.58. The van der Waals surface area contributed by atoms with Crippen molar-refractivity contribution < 1.29 is 29.3 Å². The van der Waals surface area contributed by atoms with Crippen LogP contribution in [-0.2, 0) is 0 Å². The minimum absolute atomic E-state index is 0.0670. The fraction of sp³-hybridized carbons (Fsp3) is 0.312. The molecule has 3 aromatic carbocycles. The first-order valence-corrected chi connectivity index (χ1v) is 13.0. The molecule has 192 valence electrons. The third-order valence-corrected chi connectivity index (χ3v) is 8.25. The molecule has 0 saturated heterocycles. The SMILES string of the molecule is O=C(O)c1ccc(Oc2ccccc2C#CC2C3CC4CC(C3)CC2(Oc2ccc(C(=O)O)cc2)C4)cc1. The Morgan fingerprint density at radius 3 is 1.95 bits per heavy atom. The summed E-state index contributed by atoms with van der Waals surface area (Å²) >= 11 is 0. The molecule has 3 aromatic rings. The number of carboxylic acid groups (broad SMARTS) is 2. The maximum Gasteiger partial charge on any atom is 0.335 e. The molecule has 0 amide bonds. The Bertz CT molecular complexity index is 1420. The van der Waals surface area contributed by atoms with Gasteiger partial charge in [-0.2, -0.15) is 0 Å². The van der Waals surface area contributed by atoms with Gasteiger partial charge in [-0.1, -0.05) is 24.0 Å². The molecule has 6 heteroatoms. The number of carboxylic acids is 2. The Balaban J connectivity index is 1.28. The van der Waals surface area contributed by atoms with Crippen LogP contribution in [0, 0.1) is 35.5 Å². The normalized spacial score (nSPS) is 26.7. The van der Waals surface area contributed by atoms with Crippen molar-refractivity contribution in [2.75, 3.05) is 0 Å². The minimum Gasteiger partial charge on any atom is -0.486 e. The van der Waals surface area contributed by atoms with Gasteiger partial charge in [0.05, 0.1) is 22.6 Å². The first kappa shape index (κ1) is 24.1. The average molecular weight is 509 g/mol. The van der Waals surface area contributed by atoms with Gasteiger partial charge in [0.2, 0.25) is 0 Å². The molecule has 6 nitrogen and oxygen atoms in total. The average Bonchev–Trinajstić information content (AvgIpc) is 2.89. The predicted octanol–water partition coefficient (Wildman–Crippen LogP) is 6.50. The maximum atomic E-state index is 11.3. The Hall–Kier alpha value is -4.24. The van der Waals surface area contributed by atoms with E-state index in [4.69, 9.17) is 14.6 Å². The van der Waals surface area contributed by atoms with Crippen molar-refractivity contribution in [2.45, 2.75) is 37.7 Å². The molecular weight excluding hydrogens is 480 g/mol. The van der Waals surface area contributed by atoms with Crippen LogP contribution in [-0.4, -0.2) is 27.8 Å². The molecular formula is C32H28O6. The van der Waals surface area contributed by atoms with Gasteiger partial charge in [0.15, 0.2) is 0 Å². The monoisotopic (exact) mass is 508 g/mol. The first-order chi connectivity index (χ1) is 18.4. The van der Waals surface area contributed by atoms with Crippen molar-refractivity contribution in [3.8, 4) is 29.1 Å². The van der Waals surface area contributed by atoms with E-state index in [1.165, 1.54) is 31.4 Å². The molecule has 0 aliphatic heterocycles. The topological polar surface area (TPSA) is 93.1 Å². The van der Waals surface area contributed by atoms with Gasteiger partial charge >= 0.3 is 11.9 Å². The molecule has 4 aliphatic rings. The van der Waals surface area contributed by atoms with Crippen LogP contribution in [0.2, 0.25) is 0 Å².